The number of benzene rings is 3. The number of nitrogens with one attached hydrogen (secondary N) is 1. The molecule has 1 amide bonds. The lowest BCUT2D eigenvalue weighted by molar-refractivity contribution is -0.115. The van der Waals surface area contributed by atoms with Crippen LogP contribution in [0.2, 0.25) is 0 Å². The van der Waals surface area contributed by atoms with Crippen molar-refractivity contribution in [3.63, 3.8) is 0 Å². The van der Waals surface area contributed by atoms with E-state index < -0.39 is 9.84 Å². The highest BCUT2D eigenvalue weighted by atomic mass is 32.2. The summed E-state index contributed by atoms with van der Waals surface area (Å²) in [4.78, 5) is 12.6. The fourth-order valence-electron chi connectivity index (χ4n) is 2.79. The van der Waals surface area contributed by atoms with Crippen molar-refractivity contribution in [2.24, 2.45) is 0 Å². The van der Waals surface area contributed by atoms with Crippen LogP contribution in [0.1, 0.15) is 11.1 Å². The molecule has 138 valence electrons. The maximum Gasteiger partial charge on any atom is 0.228 e. The molecule has 0 aliphatic rings. The Bertz CT molecular complexity index is 1060. The second kappa shape index (κ2) is 7.76. The number of carbonyl (C=O) groups excluding carboxylic acids is 1. The molecule has 0 atom stereocenters. The summed E-state index contributed by atoms with van der Waals surface area (Å²) in [5.74, 6) is -0.184. The van der Waals surface area contributed by atoms with Gasteiger partial charge in [0.2, 0.25) is 5.91 Å². The fraction of sp³-hybridized carbons (Fsp3) is 0.136. The average Bonchev–Trinajstić information content (AvgIpc) is 2.64. The Hall–Kier alpha value is -2.92. The van der Waals surface area contributed by atoms with Crippen LogP contribution in [0.5, 0.6) is 0 Å². The molecule has 0 heterocycles. The molecule has 3 aromatic carbocycles. The zero-order valence-corrected chi connectivity index (χ0v) is 16.1. The van der Waals surface area contributed by atoms with Crippen LogP contribution in [0.3, 0.4) is 0 Å². The molecule has 27 heavy (non-hydrogen) atoms. The number of sulfone groups is 1. The number of aryl methyl sites for hydroxylation is 1. The Morgan fingerprint density at radius 1 is 0.889 bits per heavy atom. The first-order valence-electron chi connectivity index (χ1n) is 8.58. The molecule has 4 nitrogen and oxygen atoms in total. The summed E-state index contributed by atoms with van der Waals surface area (Å²) in [7, 11) is -3.32. The molecule has 0 radical (unpaired) electrons. The van der Waals surface area contributed by atoms with Gasteiger partial charge < -0.3 is 5.32 Å². The van der Waals surface area contributed by atoms with Crippen LogP contribution >= 0.6 is 0 Å². The van der Waals surface area contributed by atoms with Crippen LogP contribution in [0, 0.1) is 6.92 Å². The number of amides is 1. The monoisotopic (exact) mass is 379 g/mol. The molecule has 3 aromatic rings. The summed E-state index contributed by atoms with van der Waals surface area (Å²) < 4.78 is 23.4. The van der Waals surface area contributed by atoms with Crippen LogP contribution in [0.25, 0.3) is 11.1 Å². The highest BCUT2D eigenvalue weighted by molar-refractivity contribution is 7.90. The highest BCUT2D eigenvalue weighted by Crippen LogP contribution is 2.22. The Kier molecular flexibility index (Phi) is 5.42. The zero-order valence-electron chi connectivity index (χ0n) is 15.3. The summed E-state index contributed by atoms with van der Waals surface area (Å²) in [5.41, 5.74) is 4.45. The second-order valence-corrected chi connectivity index (χ2v) is 8.55. The van der Waals surface area contributed by atoms with Crippen LogP contribution in [0.15, 0.2) is 77.7 Å². The Labute approximate surface area is 159 Å². The van der Waals surface area contributed by atoms with Crippen LogP contribution in [-0.4, -0.2) is 20.6 Å². The predicted octanol–water partition coefficient (Wildman–Crippen LogP) is 4.25. The zero-order chi connectivity index (χ0) is 19.4. The van der Waals surface area contributed by atoms with Gasteiger partial charge in [0.05, 0.1) is 11.3 Å². The van der Waals surface area contributed by atoms with E-state index in [1.165, 1.54) is 6.07 Å². The quantitative estimate of drug-likeness (QED) is 0.721. The predicted molar refractivity (Wildman–Crippen MR) is 109 cm³/mol. The maximum absolute atomic E-state index is 12.4. The van der Waals surface area contributed by atoms with E-state index in [0.29, 0.717) is 5.69 Å². The smallest absolute Gasteiger partial charge is 0.228 e. The molecule has 5 heteroatoms. The molecule has 3 rings (SSSR count). The van der Waals surface area contributed by atoms with Gasteiger partial charge in [0.1, 0.15) is 0 Å². The SMILES string of the molecule is Cc1ccc(S(C)(=O)=O)cc1NC(=O)Cc1ccc(-c2ccccc2)cc1. The first-order valence-corrected chi connectivity index (χ1v) is 10.5. The van der Waals surface area contributed by atoms with Crippen molar-refractivity contribution in [3.8, 4) is 11.1 Å². The lowest BCUT2D eigenvalue weighted by Crippen LogP contribution is -2.15. The van der Waals surface area contributed by atoms with E-state index in [-0.39, 0.29) is 17.2 Å². The van der Waals surface area contributed by atoms with Crippen molar-refractivity contribution >= 4 is 21.4 Å². The Balaban J connectivity index is 1.71. The molecule has 0 unspecified atom stereocenters. The van der Waals surface area contributed by atoms with E-state index in [1.807, 2.05) is 61.5 Å². The third-order valence-corrected chi connectivity index (χ3v) is 5.45. The van der Waals surface area contributed by atoms with E-state index in [4.69, 9.17) is 0 Å². The van der Waals surface area contributed by atoms with E-state index in [1.54, 1.807) is 12.1 Å². The molecular weight excluding hydrogens is 358 g/mol. The van der Waals surface area contributed by atoms with Gasteiger partial charge >= 0.3 is 0 Å². The van der Waals surface area contributed by atoms with E-state index in [2.05, 4.69) is 5.32 Å². The van der Waals surface area contributed by atoms with Gasteiger partial charge in [-0.15, -0.1) is 0 Å². The van der Waals surface area contributed by atoms with Crippen molar-refractivity contribution in [2.45, 2.75) is 18.2 Å². The minimum atomic E-state index is -3.32. The standard InChI is InChI=1S/C22H21NO3S/c1-16-8-13-20(27(2,25)26)15-21(16)23-22(24)14-17-9-11-19(12-10-17)18-6-4-3-5-7-18/h3-13,15H,14H2,1-2H3,(H,23,24). The van der Waals surface area contributed by atoms with Gasteiger partial charge in [0.25, 0.3) is 0 Å². The molecule has 0 aromatic heterocycles. The lowest BCUT2D eigenvalue weighted by Gasteiger charge is -2.10. The number of hydrogen-bond donors (Lipinski definition) is 1. The molecule has 0 bridgehead atoms. The average molecular weight is 379 g/mol. The molecule has 0 saturated heterocycles. The number of hydrogen-bond acceptors (Lipinski definition) is 3. The summed E-state index contributed by atoms with van der Waals surface area (Å²) in [5, 5.41) is 2.81. The number of rotatable bonds is 5. The van der Waals surface area contributed by atoms with Crippen molar-refractivity contribution < 1.29 is 13.2 Å². The van der Waals surface area contributed by atoms with Crippen molar-refractivity contribution in [3.05, 3.63) is 83.9 Å². The molecule has 0 aliphatic carbocycles. The third kappa shape index (κ3) is 4.83. The topological polar surface area (TPSA) is 63.2 Å². The third-order valence-electron chi connectivity index (χ3n) is 4.34. The first kappa shape index (κ1) is 18.9. The number of anilines is 1. The van der Waals surface area contributed by atoms with E-state index in [0.717, 1.165) is 28.5 Å². The van der Waals surface area contributed by atoms with Crippen molar-refractivity contribution in [1.29, 1.82) is 0 Å². The van der Waals surface area contributed by atoms with Crippen LogP contribution in [0.4, 0.5) is 5.69 Å². The Morgan fingerprint density at radius 3 is 2.15 bits per heavy atom. The van der Waals surface area contributed by atoms with Gasteiger partial charge in [-0.3, -0.25) is 4.79 Å². The van der Waals surface area contributed by atoms with Crippen LogP contribution in [-0.2, 0) is 21.1 Å². The first-order chi connectivity index (χ1) is 12.8. The van der Waals surface area contributed by atoms with Gasteiger partial charge in [-0.05, 0) is 41.3 Å². The summed E-state index contributed by atoms with van der Waals surface area (Å²) >= 11 is 0. The molecular formula is C22H21NO3S. The van der Waals surface area contributed by atoms with E-state index in [9.17, 15) is 13.2 Å². The normalized spacial score (nSPS) is 11.2. The summed E-state index contributed by atoms with van der Waals surface area (Å²) in [6.45, 7) is 1.83. The minimum Gasteiger partial charge on any atom is -0.326 e. The van der Waals surface area contributed by atoms with Crippen molar-refractivity contribution in [1.82, 2.24) is 0 Å². The largest absolute Gasteiger partial charge is 0.326 e. The lowest BCUT2D eigenvalue weighted by atomic mass is 10.0. The van der Waals surface area contributed by atoms with Crippen molar-refractivity contribution in [2.75, 3.05) is 11.6 Å². The molecule has 0 spiro atoms. The van der Waals surface area contributed by atoms with Crippen LogP contribution < -0.4 is 5.32 Å². The summed E-state index contributed by atoms with van der Waals surface area (Å²) in [6, 6.07) is 22.6. The van der Waals surface area contributed by atoms with Gasteiger partial charge in [-0.1, -0.05) is 60.7 Å². The van der Waals surface area contributed by atoms with E-state index >= 15 is 0 Å². The van der Waals surface area contributed by atoms with Gasteiger partial charge in [-0.2, -0.15) is 0 Å². The van der Waals surface area contributed by atoms with Gasteiger partial charge in [0.15, 0.2) is 9.84 Å². The Morgan fingerprint density at radius 2 is 1.52 bits per heavy atom. The maximum atomic E-state index is 12.4. The minimum absolute atomic E-state index is 0.184. The molecule has 0 fully saturated rings. The molecule has 0 aliphatic heterocycles. The van der Waals surface area contributed by atoms with Gasteiger partial charge in [0, 0.05) is 11.9 Å². The fourth-order valence-corrected chi connectivity index (χ4v) is 3.44. The molecule has 1 N–H and O–H groups in total. The van der Waals surface area contributed by atoms with Gasteiger partial charge in [-0.25, -0.2) is 8.42 Å². The molecule has 0 saturated carbocycles. The highest BCUT2D eigenvalue weighted by Gasteiger charge is 2.12. The summed E-state index contributed by atoms with van der Waals surface area (Å²) in [6.07, 6.45) is 1.37. The second-order valence-electron chi connectivity index (χ2n) is 6.54. The number of carbonyl (C=O) groups is 1.